The zero-order valence-corrected chi connectivity index (χ0v) is 12.6. The molecule has 112 valence electrons. The molecule has 0 fully saturated rings. The van der Waals surface area contributed by atoms with Crippen molar-refractivity contribution in [3.8, 4) is 0 Å². The summed E-state index contributed by atoms with van der Waals surface area (Å²) in [5, 5.41) is 0.110. The van der Waals surface area contributed by atoms with Crippen LogP contribution in [-0.4, -0.2) is 19.8 Å². The molecule has 0 saturated carbocycles. The smallest absolute Gasteiger partial charge is 0.207 e. The fourth-order valence-electron chi connectivity index (χ4n) is 1.83. The molecule has 0 aliphatic rings. The van der Waals surface area contributed by atoms with E-state index >= 15 is 0 Å². The van der Waals surface area contributed by atoms with Gasteiger partial charge in [-0.1, -0.05) is 23.7 Å². The van der Waals surface area contributed by atoms with Gasteiger partial charge in [-0.15, -0.1) is 0 Å². The molecule has 0 spiro atoms. The van der Waals surface area contributed by atoms with E-state index in [9.17, 15) is 17.2 Å². The maximum absolute atomic E-state index is 13.8. The van der Waals surface area contributed by atoms with E-state index in [1.54, 1.807) is 6.07 Å². The van der Waals surface area contributed by atoms with Gasteiger partial charge in [0.1, 0.15) is 16.5 Å². The van der Waals surface area contributed by atoms with E-state index in [1.165, 1.54) is 31.3 Å². The Hall–Kier alpha value is -1.50. The number of hydrogen-bond acceptors (Lipinski definition) is 2. The van der Waals surface area contributed by atoms with Crippen LogP contribution in [0.15, 0.2) is 47.4 Å². The maximum atomic E-state index is 13.8. The molecule has 0 heterocycles. The average Bonchev–Trinajstić information content (AvgIpc) is 2.38. The Balaban J connectivity index is 2.30. The topological polar surface area (TPSA) is 37.4 Å². The third-order valence-electron chi connectivity index (χ3n) is 2.88. The molecule has 2 rings (SSSR count). The minimum Gasteiger partial charge on any atom is -0.207 e. The fraction of sp³-hybridized carbons (Fsp3) is 0.143. The highest BCUT2D eigenvalue weighted by atomic mass is 35.5. The molecular weight excluding hydrogens is 320 g/mol. The van der Waals surface area contributed by atoms with Gasteiger partial charge in [0.2, 0.25) is 10.0 Å². The van der Waals surface area contributed by atoms with Crippen molar-refractivity contribution in [2.45, 2.75) is 11.4 Å². The molecule has 21 heavy (non-hydrogen) atoms. The van der Waals surface area contributed by atoms with Gasteiger partial charge in [0, 0.05) is 18.6 Å². The number of hydrogen-bond donors (Lipinski definition) is 0. The molecular formula is C14H12ClF2NO2S. The van der Waals surface area contributed by atoms with E-state index in [-0.39, 0.29) is 11.6 Å². The van der Waals surface area contributed by atoms with Crippen LogP contribution in [0, 0.1) is 11.6 Å². The Bertz CT molecular complexity index is 765. The summed E-state index contributed by atoms with van der Waals surface area (Å²) in [6.07, 6.45) is 0. The van der Waals surface area contributed by atoms with Crippen molar-refractivity contribution >= 4 is 21.6 Å². The number of nitrogens with zero attached hydrogens (tertiary/aromatic N) is 1. The molecule has 0 unspecified atom stereocenters. The normalized spacial score (nSPS) is 11.9. The van der Waals surface area contributed by atoms with Crippen LogP contribution >= 0.6 is 11.6 Å². The molecule has 0 aliphatic carbocycles. The summed E-state index contributed by atoms with van der Waals surface area (Å²) in [5.74, 6) is -1.38. The quantitative estimate of drug-likeness (QED) is 0.860. The lowest BCUT2D eigenvalue weighted by atomic mass is 10.2. The second-order valence-corrected chi connectivity index (χ2v) is 6.92. The van der Waals surface area contributed by atoms with E-state index in [0.29, 0.717) is 5.56 Å². The summed E-state index contributed by atoms with van der Waals surface area (Å²) in [6, 6.07) is 8.90. The van der Waals surface area contributed by atoms with Gasteiger partial charge in [-0.25, -0.2) is 17.2 Å². The van der Waals surface area contributed by atoms with Gasteiger partial charge in [0.15, 0.2) is 0 Å². The van der Waals surface area contributed by atoms with Crippen molar-refractivity contribution in [3.05, 3.63) is 64.7 Å². The van der Waals surface area contributed by atoms with Crippen LogP contribution in [0.3, 0.4) is 0 Å². The van der Waals surface area contributed by atoms with Crippen molar-refractivity contribution in [1.29, 1.82) is 0 Å². The predicted molar refractivity (Wildman–Crippen MR) is 76.5 cm³/mol. The third-order valence-corrected chi connectivity index (χ3v) is 4.95. The Morgan fingerprint density at radius 1 is 1.14 bits per heavy atom. The molecule has 2 aromatic rings. The largest absolute Gasteiger partial charge is 0.246 e. The lowest BCUT2D eigenvalue weighted by Gasteiger charge is -2.17. The van der Waals surface area contributed by atoms with Gasteiger partial charge in [-0.3, -0.25) is 0 Å². The van der Waals surface area contributed by atoms with E-state index < -0.39 is 26.6 Å². The fourth-order valence-corrected chi connectivity index (χ4v) is 3.19. The maximum Gasteiger partial charge on any atom is 0.246 e. The van der Waals surface area contributed by atoms with Crippen molar-refractivity contribution in [1.82, 2.24) is 4.31 Å². The Kier molecular flexibility index (Phi) is 4.61. The van der Waals surface area contributed by atoms with Gasteiger partial charge in [-0.05, 0) is 35.9 Å². The molecule has 7 heteroatoms. The van der Waals surface area contributed by atoms with Gasteiger partial charge >= 0.3 is 0 Å². The van der Waals surface area contributed by atoms with Crippen LogP contribution < -0.4 is 0 Å². The Morgan fingerprint density at radius 3 is 2.48 bits per heavy atom. The first-order valence-electron chi connectivity index (χ1n) is 5.96. The number of benzene rings is 2. The van der Waals surface area contributed by atoms with E-state index in [1.807, 2.05) is 0 Å². The number of rotatable bonds is 4. The van der Waals surface area contributed by atoms with E-state index in [2.05, 4.69) is 0 Å². The molecule has 0 atom stereocenters. The van der Waals surface area contributed by atoms with Gasteiger partial charge < -0.3 is 0 Å². The van der Waals surface area contributed by atoms with Crippen LogP contribution in [0.5, 0.6) is 0 Å². The molecule has 0 aromatic heterocycles. The summed E-state index contributed by atoms with van der Waals surface area (Å²) in [7, 11) is -2.72. The zero-order chi connectivity index (χ0) is 15.6. The Labute approximate surface area is 126 Å². The highest BCUT2D eigenvalue weighted by Gasteiger charge is 2.24. The summed E-state index contributed by atoms with van der Waals surface area (Å²) in [6.45, 7) is -0.0673. The monoisotopic (exact) mass is 331 g/mol. The minimum absolute atomic E-state index is 0.0673. The van der Waals surface area contributed by atoms with Crippen LogP contribution in [0.4, 0.5) is 8.78 Å². The highest BCUT2D eigenvalue weighted by molar-refractivity contribution is 7.89. The first-order valence-corrected chi connectivity index (χ1v) is 7.78. The van der Waals surface area contributed by atoms with E-state index in [4.69, 9.17) is 11.6 Å². The lowest BCUT2D eigenvalue weighted by molar-refractivity contribution is 0.458. The van der Waals surface area contributed by atoms with Crippen molar-refractivity contribution in [3.63, 3.8) is 0 Å². The molecule has 0 radical (unpaired) electrons. The van der Waals surface area contributed by atoms with Gasteiger partial charge in [-0.2, -0.15) is 4.31 Å². The second kappa shape index (κ2) is 6.09. The summed E-state index contributed by atoms with van der Waals surface area (Å²) >= 11 is 5.60. The van der Waals surface area contributed by atoms with Crippen LogP contribution in [0.2, 0.25) is 5.02 Å². The zero-order valence-electron chi connectivity index (χ0n) is 11.1. The minimum atomic E-state index is -4.02. The summed E-state index contributed by atoms with van der Waals surface area (Å²) in [5.41, 5.74) is 0.468. The molecule has 0 saturated heterocycles. The molecule has 0 N–H and O–H groups in total. The first-order chi connectivity index (χ1) is 9.80. The third kappa shape index (κ3) is 3.58. The van der Waals surface area contributed by atoms with Crippen LogP contribution in [0.25, 0.3) is 0 Å². The Morgan fingerprint density at radius 2 is 1.86 bits per heavy atom. The van der Waals surface area contributed by atoms with E-state index in [0.717, 1.165) is 16.4 Å². The van der Waals surface area contributed by atoms with Crippen LogP contribution in [-0.2, 0) is 16.6 Å². The SMILES string of the molecule is CN(Cc1cccc(F)c1)S(=O)(=O)c1ccc(Cl)cc1F. The van der Waals surface area contributed by atoms with Crippen molar-refractivity contribution in [2.24, 2.45) is 0 Å². The molecule has 0 aliphatic heterocycles. The lowest BCUT2D eigenvalue weighted by Crippen LogP contribution is -2.27. The molecule has 2 aromatic carbocycles. The van der Waals surface area contributed by atoms with Crippen molar-refractivity contribution < 1.29 is 17.2 Å². The standard InChI is InChI=1S/C14H12ClF2NO2S/c1-18(9-10-3-2-4-12(16)7-10)21(19,20)14-6-5-11(15)8-13(14)17/h2-8H,9H2,1H3. The first kappa shape index (κ1) is 15.9. The van der Waals surface area contributed by atoms with Crippen LogP contribution in [0.1, 0.15) is 5.56 Å². The average molecular weight is 332 g/mol. The summed E-state index contributed by atoms with van der Waals surface area (Å²) in [4.78, 5) is -0.467. The summed E-state index contributed by atoms with van der Waals surface area (Å²) < 4.78 is 52.4. The van der Waals surface area contributed by atoms with Gasteiger partial charge in [0.05, 0.1) is 0 Å². The highest BCUT2D eigenvalue weighted by Crippen LogP contribution is 2.22. The molecule has 0 amide bonds. The second-order valence-electron chi connectivity index (χ2n) is 4.47. The predicted octanol–water partition coefficient (Wildman–Crippen LogP) is 3.44. The number of halogens is 3. The molecule has 0 bridgehead atoms. The number of sulfonamides is 1. The molecule has 3 nitrogen and oxygen atoms in total. The van der Waals surface area contributed by atoms with Crippen molar-refractivity contribution in [2.75, 3.05) is 7.05 Å². The van der Waals surface area contributed by atoms with Gasteiger partial charge in [0.25, 0.3) is 0 Å².